The Balaban J connectivity index is 1.87. The molecule has 1 amide bonds. The van der Waals surface area contributed by atoms with Crippen molar-refractivity contribution in [3.8, 4) is 5.69 Å². The van der Waals surface area contributed by atoms with E-state index in [-0.39, 0.29) is 0 Å². The summed E-state index contributed by atoms with van der Waals surface area (Å²) >= 11 is 1.51. The predicted octanol–water partition coefficient (Wildman–Crippen LogP) is 1.48. The maximum atomic E-state index is 13.0. The van der Waals surface area contributed by atoms with Crippen LogP contribution in [0.3, 0.4) is 0 Å². The molecule has 0 aromatic carbocycles. The number of nitrogens with two attached hydrogens (primary N) is 1. The highest BCUT2D eigenvalue weighted by Crippen LogP contribution is 2.16. The molecule has 3 aromatic heterocycles. The highest BCUT2D eigenvalue weighted by atomic mass is 32.1. The molecule has 146 valence electrons. The fourth-order valence-corrected chi connectivity index (χ4v) is 3.57. The lowest BCUT2D eigenvalue weighted by atomic mass is 10.1. The van der Waals surface area contributed by atoms with Crippen molar-refractivity contribution < 1.29 is 14.3 Å². The molecule has 2 unspecified atom stereocenters. The van der Waals surface area contributed by atoms with Gasteiger partial charge in [0.25, 0.3) is 5.91 Å². The number of aryl methyl sites for hydroxylation is 1. The smallest absolute Gasteiger partial charge is 0.270 e. The summed E-state index contributed by atoms with van der Waals surface area (Å²) in [4.78, 5) is 34.8. The number of carbonyl (C=O) groups excluding carboxylic acids is 2. The number of imidazole rings is 1. The first-order chi connectivity index (χ1) is 13.5. The lowest BCUT2D eigenvalue weighted by Gasteiger charge is -2.20. The van der Waals surface area contributed by atoms with Crippen LogP contribution in [0.25, 0.3) is 5.69 Å². The molecular formula is C19H21N5O3S. The average Bonchev–Trinajstić information content (AvgIpc) is 3.36. The van der Waals surface area contributed by atoms with Crippen molar-refractivity contribution in [3.63, 3.8) is 0 Å². The van der Waals surface area contributed by atoms with Crippen LogP contribution < -0.4 is 11.1 Å². The van der Waals surface area contributed by atoms with E-state index in [4.69, 9.17) is 10.5 Å². The highest BCUT2D eigenvalue weighted by molar-refractivity contribution is 7.09. The van der Waals surface area contributed by atoms with Crippen LogP contribution >= 0.6 is 11.3 Å². The maximum absolute atomic E-state index is 13.0. The molecule has 0 aliphatic rings. The number of carbonyl (C=O) groups is 2. The van der Waals surface area contributed by atoms with Crippen LogP contribution in [0.15, 0.2) is 48.2 Å². The van der Waals surface area contributed by atoms with Gasteiger partial charge < -0.3 is 10.1 Å². The molecule has 0 bridgehead atoms. The van der Waals surface area contributed by atoms with E-state index in [1.807, 2.05) is 17.5 Å². The number of Topliss-reactive ketones (excluding diaryl/α,β-unsaturated/α-hetero) is 1. The number of hydrogen-bond donors (Lipinski definition) is 2. The third kappa shape index (κ3) is 4.33. The minimum absolute atomic E-state index is 0.318. The summed E-state index contributed by atoms with van der Waals surface area (Å²) in [5.41, 5.74) is 6.81. The Morgan fingerprint density at radius 2 is 2.07 bits per heavy atom. The minimum Gasteiger partial charge on any atom is -0.359 e. The summed E-state index contributed by atoms with van der Waals surface area (Å²) in [5.74, 6) is -0.169. The topological polar surface area (TPSA) is 112 Å². The Morgan fingerprint density at radius 3 is 2.71 bits per heavy atom. The van der Waals surface area contributed by atoms with E-state index in [0.717, 1.165) is 10.6 Å². The number of methoxy groups -OCH3 is 1. The number of hydrogen-bond acceptors (Lipinski definition) is 7. The van der Waals surface area contributed by atoms with Gasteiger partial charge in [-0.15, -0.1) is 11.3 Å². The Bertz CT molecular complexity index is 940. The molecule has 3 rings (SSSR count). The molecule has 0 saturated carbocycles. The fraction of sp³-hybridized carbons (Fsp3) is 0.263. The number of ketones is 1. The van der Waals surface area contributed by atoms with Gasteiger partial charge >= 0.3 is 0 Å². The first kappa shape index (κ1) is 19.9. The number of aromatic nitrogens is 3. The molecule has 3 aromatic rings. The summed E-state index contributed by atoms with van der Waals surface area (Å²) < 4.78 is 6.66. The van der Waals surface area contributed by atoms with Crippen LogP contribution in [0.2, 0.25) is 0 Å². The normalized spacial score (nSPS) is 13.1. The largest absolute Gasteiger partial charge is 0.359 e. The number of thiophene rings is 1. The molecule has 3 N–H and O–H groups in total. The lowest BCUT2D eigenvalue weighted by molar-refractivity contribution is -0.130. The van der Waals surface area contributed by atoms with Gasteiger partial charge in [-0.3, -0.25) is 24.9 Å². The van der Waals surface area contributed by atoms with Crippen LogP contribution in [0.5, 0.6) is 0 Å². The van der Waals surface area contributed by atoms with Gasteiger partial charge in [0.05, 0.1) is 17.9 Å². The summed E-state index contributed by atoms with van der Waals surface area (Å²) in [6.45, 7) is 1.80. The number of nitrogens with one attached hydrogen (secondary N) is 1. The quantitative estimate of drug-likeness (QED) is 0.555. The Labute approximate surface area is 166 Å². The number of ether oxygens (including phenoxy) is 1. The third-order valence-electron chi connectivity index (χ3n) is 4.26. The van der Waals surface area contributed by atoms with Gasteiger partial charge in [0, 0.05) is 30.8 Å². The van der Waals surface area contributed by atoms with E-state index in [0.29, 0.717) is 17.9 Å². The highest BCUT2D eigenvalue weighted by Gasteiger charge is 2.28. The number of rotatable bonds is 8. The molecule has 0 aliphatic heterocycles. The van der Waals surface area contributed by atoms with Crippen LogP contribution in [-0.2, 0) is 16.0 Å². The first-order valence-electron chi connectivity index (χ1n) is 8.61. The van der Waals surface area contributed by atoms with Crippen LogP contribution in [0.1, 0.15) is 21.2 Å². The van der Waals surface area contributed by atoms with E-state index in [1.54, 1.807) is 36.0 Å². The molecule has 0 radical (unpaired) electrons. The molecule has 0 spiro atoms. The van der Waals surface area contributed by atoms with Crippen LogP contribution in [-0.4, -0.2) is 45.6 Å². The van der Waals surface area contributed by atoms with Gasteiger partial charge in [-0.2, -0.15) is 0 Å². The lowest BCUT2D eigenvalue weighted by Crippen LogP contribution is -2.50. The monoisotopic (exact) mass is 399 g/mol. The molecule has 0 aliphatic carbocycles. The van der Waals surface area contributed by atoms with E-state index in [2.05, 4.69) is 15.3 Å². The number of amides is 1. The summed E-state index contributed by atoms with van der Waals surface area (Å²) in [5, 5.41) is 4.71. The number of nitrogens with zero attached hydrogens (tertiary/aromatic N) is 3. The van der Waals surface area contributed by atoms with E-state index in [1.165, 1.54) is 24.6 Å². The third-order valence-corrected chi connectivity index (χ3v) is 5.16. The van der Waals surface area contributed by atoms with Crippen LogP contribution in [0.4, 0.5) is 0 Å². The first-order valence-corrected chi connectivity index (χ1v) is 9.49. The molecule has 2 atom stereocenters. The SMILES string of the molecule is COC(N)C(=O)C(Cc1cccs1)NC(=O)c1cnc(C)n1-c1ccncc1. The zero-order valence-corrected chi connectivity index (χ0v) is 16.3. The zero-order chi connectivity index (χ0) is 20.1. The predicted molar refractivity (Wildman–Crippen MR) is 105 cm³/mol. The van der Waals surface area contributed by atoms with Crippen molar-refractivity contribution in [2.75, 3.05) is 7.11 Å². The summed E-state index contributed by atoms with van der Waals surface area (Å²) in [7, 11) is 1.36. The van der Waals surface area contributed by atoms with Crippen molar-refractivity contribution in [3.05, 3.63) is 64.6 Å². The van der Waals surface area contributed by atoms with Crippen LogP contribution in [0, 0.1) is 6.92 Å². The molecule has 3 heterocycles. The zero-order valence-electron chi connectivity index (χ0n) is 15.5. The second-order valence-corrected chi connectivity index (χ2v) is 7.13. The van der Waals surface area contributed by atoms with Crippen molar-refractivity contribution >= 4 is 23.0 Å². The van der Waals surface area contributed by atoms with Crippen molar-refractivity contribution in [1.82, 2.24) is 19.9 Å². The van der Waals surface area contributed by atoms with Gasteiger partial charge in [0.1, 0.15) is 11.5 Å². The average molecular weight is 399 g/mol. The molecule has 0 fully saturated rings. The van der Waals surface area contributed by atoms with Gasteiger partial charge in [-0.1, -0.05) is 6.07 Å². The van der Waals surface area contributed by atoms with E-state index >= 15 is 0 Å². The van der Waals surface area contributed by atoms with Gasteiger partial charge in [-0.05, 0) is 30.5 Å². The van der Waals surface area contributed by atoms with Gasteiger partial charge in [0.15, 0.2) is 12.0 Å². The van der Waals surface area contributed by atoms with Gasteiger partial charge in [0.2, 0.25) is 0 Å². The van der Waals surface area contributed by atoms with Gasteiger partial charge in [-0.25, -0.2) is 4.98 Å². The van der Waals surface area contributed by atoms with Crippen molar-refractivity contribution in [1.29, 1.82) is 0 Å². The maximum Gasteiger partial charge on any atom is 0.270 e. The minimum atomic E-state index is -1.11. The molecule has 28 heavy (non-hydrogen) atoms. The van der Waals surface area contributed by atoms with Crippen molar-refractivity contribution in [2.24, 2.45) is 5.73 Å². The van der Waals surface area contributed by atoms with Crippen molar-refractivity contribution in [2.45, 2.75) is 25.6 Å². The summed E-state index contributed by atoms with van der Waals surface area (Å²) in [6, 6.07) is 6.53. The van der Waals surface area contributed by atoms with E-state index < -0.39 is 24.0 Å². The fourth-order valence-electron chi connectivity index (χ4n) is 2.82. The molecule has 9 heteroatoms. The second-order valence-electron chi connectivity index (χ2n) is 6.10. The molecule has 0 saturated heterocycles. The molecular weight excluding hydrogens is 378 g/mol. The number of pyridine rings is 1. The Kier molecular flexibility index (Phi) is 6.30. The standard InChI is InChI=1S/C19H21N5O3S/c1-12-22-11-16(24(12)13-5-7-21-8-6-13)19(26)23-15(17(25)18(20)27-2)10-14-4-3-9-28-14/h3-9,11,15,18H,10,20H2,1-2H3,(H,23,26). The second kappa shape index (κ2) is 8.87. The van der Waals surface area contributed by atoms with E-state index in [9.17, 15) is 9.59 Å². The Hall–Kier alpha value is -2.88. The summed E-state index contributed by atoms with van der Waals surface area (Å²) in [6.07, 6.45) is 3.97. The molecule has 8 nitrogen and oxygen atoms in total. The Morgan fingerprint density at radius 1 is 1.32 bits per heavy atom.